The van der Waals surface area contributed by atoms with Crippen molar-refractivity contribution in [2.75, 3.05) is 0 Å². The van der Waals surface area contributed by atoms with Gasteiger partial charge in [0.05, 0.1) is 0 Å². The number of hydrogen-bond donors (Lipinski definition) is 1. The molecule has 0 aliphatic carbocycles. The number of rotatable bonds is 2. The van der Waals surface area contributed by atoms with E-state index in [0.717, 1.165) is 0 Å². The highest BCUT2D eigenvalue weighted by molar-refractivity contribution is 5.78. The maximum Gasteiger partial charge on any atom is 0.184 e. The van der Waals surface area contributed by atoms with E-state index in [2.05, 4.69) is 0 Å². The lowest BCUT2D eigenvalue weighted by atomic mass is 10.2. The van der Waals surface area contributed by atoms with Crippen LogP contribution in [-0.2, 0) is 4.79 Å². The molecule has 0 radical (unpaired) electrons. The van der Waals surface area contributed by atoms with Gasteiger partial charge < -0.3 is 5.11 Å². The Kier molecular flexibility index (Phi) is 2.58. The third kappa shape index (κ3) is 2.20. The molecule has 0 bridgehead atoms. The van der Waals surface area contributed by atoms with Crippen LogP contribution in [0.4, 0.5) is 4.39 Å². The van der Waals surface area contributed by atoms with Crippen molar-refractivity contribution in [2.24, 2.45) is 0 Å². The smallest absolute Gasteiger partial charge is 0.184 e. The molecule has 0 saturated carbocycles. The number of benzene rings is 1. The van der Waals surface area contributed by atoms with Crippen molar-refractivity contribution in [1.82, 2.24) is 0 Å². The molecular weight excluding hydrogens is 159 g/mol. The lowest BCUT2D eigenvalue weighted by molar-refractivity contribution is -0.106. The molecule has 1 rings (SSSR count). The minimum Gasteiger partial charge on any atom is -0.505 e. The van der Waals surface area contributed by atoms with Gasteiger partial charge in [0, 0.05) is 0 Å². The third-order valence-corrected chi connectivity index (χ3v) is 1.31. The first-order valence-electron chi connectivity index (χ1n) is 3.34. The Morgan fingerprint density at radius 2 is 1.92 bits per heavy atom. The number of hydrogen-bond acceptors (Lipinski definition) is 2. The fourth-order valence-electron chi connectivity index (χ4n) is 0.764. The van der Waals surface area contributed by atoms with Crippen molar-refractivity contribution in [3.8, 4) is 0 Å². The Labute approximate surface area is 69.0 Å². The summed E-state index contributed by atoms with van der Waals surface area (Å²) in [4.78, 5) is 9.98. The summed E-state index contributed by atoms with van der Waals surface area (Å²) >= 11 is 0. The van der Waals surface area contributed by atoms with Crippen LogP contribution in [0.5, 0.6) is 0 Å². The van der Waals surface area contributed by atoms with Crippen LogP contribution in [-0.4, -0.2) is 11.4 Å². The van der Waals surface area contributed by atoms with Crippen LogP contribution in [0.2, 0.25) is 0 Å². The van der Waals surface area contributed by atoms with E-state index in [1.165, 1.54) is 30.3 Å². The SMILES string of the molecule is O=C/C(O)=C/c1ccc(F)cc1. The van der Waals surface area contributed by atoms with Gasteiger partial charge in [-0.3, -0.25) is 4.79 Å². The second kappa shape index (κ2) is 3.67. The van der Waals surface area contributed by atoms with Crippen molar-refractivity contribution in [3.05, 3.63) is 41.4 Å². The fourth-order valence-corrected chi connectivity index (χ4v) is 0.764. The molecule has 0 aromatic heterocycles. The Bertz CT molecular complexity index is 301. The molecule has 2 nitrogen and oxygen atoms in total. The van der Waals surface area contributed by atoms with E-state index < -0.39 is 0 Å². The number of carbonyl (C=O) groups excluding carboxylic acids is 1. The van der Waals surface area contributed by atoms with Gasteiger partial charge in [0.2, 0.25) is 0 Å². The van der Waals surface area contributed by atoms with E-state index in [-0.39, 0.29) is 11.6 Å². The Balaban J connectivity index is 2.91. The number of aliphatic hydroxyl groups is 1. The predicted molar refractivity (Wildman–Crippen MR) is 43.1 cm³/mol. The standard InChI is InChI=1S/C9H7FO2/c10-8-3-1-7(2-4-8)5-9(12)6-11/h1-6,12H/b9-5-. The number of allylic oxidation sites excluding steroid dienone is 1. The van der Waals surface area contributed by atoms with Gasteiger partial charge in [-0.2, -0.15) is 0 Å². The Morgan fingerprint density at radius 3 is 2.42 bits per heavy atom. The van der Waals surface area contributed by atoms with Gasteiger partial charge >= 0.3 is 0 Å². The summed E-state index contributed by atoms with van der Waals surface area (Å²) < 4.78 is 12.4. The van der Waals surface area contributed by atoms with E-state index in [1.807, 2.05) is 0 Å². The first kappa shape index (κ1) is 8.46. The van der Waals surface area contributed by atoms with Crippen molar-refractivity contribution < 1.29 is 14.3 Å². The van der Waals surface area contributed by atoms with Crippen LogP contribution in [0.25, 0.3) is 6.08 Å². The normalized spacial score (nSPS) is 11.2. The molecule has 0 fully saturated rings. The van der Waals surface area contributed by atoms with Crippen molar-refractivity contribution in [3.63, 3.8) is 0 Å². The van der Waals surface area contributed by atoms with Crippen molar-refractivity contribution in [1.29, 1.82) is 0 Å². The molecule has 1 N–H and O–H groups in total. The molecule has 0 saturated heterocycles. The van der Waals surface area contributed by atoms with Gasteiger partial charge in [-0.1, -0.05) is 12.1 Å². The Hall–Kier alpha value is -1.64. The Morgan fingerprint density at radius 1 is 1.33 bits per heavy atom. The van der Waals surface area contributed by atoms with Crippen LogP contribution in [0.1, 0.15) is 5.56 Å². The van der Waals surface area contributed by atoms with Gasteiger partial charge in [-0.05, 0) is 23.8 Å². The topological polar surface area (TPSA) is 37.3 Å². The number of carbonyl (C=O) groups is 1. The molecule has 62 valence electrons. The monoisotopic (exact) mass is 166 g/mol. The van der Waals surface area contributed by atoms with Gasteiger partial charge in [0.15, 0.2) is 12.0 Å². The molecule has 0 unspecified atom stereocenters. The van der Waals surface area contributed by atoms with Crippen LogP contribution in [0.15, 0.2) is 30.0 Å². The van der Waals surface area contributed by atoms with Crippen molar-refractivity contribution in [2.45, 2.75) is 0 Å². The van der Waals surface area contributed by atoms with Gasteiger partial charge in [0.1, 0.15) is 5.82 Å². The first-order valence-corrected chi connectivity index (χ1v) is 3.34. The summed E-state index contributed by atoms with van der Waals surface area (Å²) in [6, 6.07) is 5.44. The predicted octanol–water partition coefficient (Wildman–Crippen LogP) is 1.92. The molecule has 1 aromatic carbocycles. The molecule has 0 heterocycles. The molecule has 0 aliphatic rings. The van der Waals surface area contributed by atoms with Gasteiger partial charge in [0.25, 0.3) is 0 Å². The average molecular weight is 166 g/mol. The average Bonchev–Trinajstić information content (AvgIpc) is 2.09. The summed E-state index contributed by atoms with van der Waals surface area (Å²) in [5, 5.41) is 8.78. The van der Waals surface area contributed by atoms with Crippen LogP contribution in [0, 0.1) is 5.82 Å². The third-order valence-electron chi connectivity index (χ3n) is 1.31. The lowest BCUT2D eigenvalue weighted by Gasteiger charge is -1.92. The molecule has 3 heteroatoms. The minimum absolute atomic E-state index is 0.323. The summed E-state index contributed by atoms with van der Waals surface area (Å²) in [6.45, 7) is 0. The maximum absolute atomic E-state index is 12.4. The van der Waals surface area contributed by atoms with Crippen LogP contribution >= 0.6 is 0 Å². The second-order valence-electron chi connectivity index (χ2n) is 2.24. The second-order valence-corrected chi connectivity index (χ2v) is 2.24. The number of halogens is 1. The summed E-state index contributed by atoms with van der Waals surface area (Å²) in [6.07, 6.45) is 1.58. The molecular formula is C9H7FO2. The van der Waals surface area contributed by atoms with E-state index in [9.17, 15) is 9.18 Å². The summed E-state index contributed by atoms with van der Waals surface area (Å²) in [5.41, 5.74) is 0.584. The summed E-state index contributed by atoms with van der Waals surface area (Å²) in [5.74, 6) is -0.723. The molecule has 12 heavy (non-hydrogen) atoms. The zero-order valence-corrected chi connectivity index (χ0v) is 6.20. The highest BCUT2D eigenvalue weighted by Gasteiger charge is 1.92. The fraction of sp³-hybridized carbons (Fsp3) is 0. The highest BCUT2D eigenvalue weighted by atomic mass is 19.1. The minimum atomic E-state index is -0.374. The molecule has 0 amide bonds. The zero-order chi connectivity index (χ0) is 8.97. The maximum atomic E-state index is 12.4. The molecule has 0 aliphatic heterocycles. The van der Waals surface area contributed by atoms with Crippen LogP contribution < -0.4 is 0 Å². The molecule has 0 spiro atoms. The van der Waals surface area contributed by atoms with E-state index >= 15 is 0 Å². The quantitative estimate of drug-likeness (QED) is 0.414. The van der Waals surface area contributed by atoms with Gasteiger partial charge in [-0.25, -0.2) is 4.39 Å². The highest BCUT2D eigenvalue weighted by Crippen LogP contribution is 2.05. The lowest BCUT2D eigenvalue weighted by Crippen LogP contribution is -1.81. The first-order chi connectivity index (χ1) is 5.72. The van der Waals surface area contributed by atoms with E-state index in [4.69, 9.17) is 5.11 Å². The van der Waals surface area contributed by atoms with E-state index in [1.54, 1.807) is 0 Å². The van der Waals surface area contributed by atoms with Crippen molar-refractivity contribution >= 4 is 12.4 Å². The summed E-state index contributed by atoms with van der Waals surface area (Å²) in [7, 11) is 0. The largest absolute Gasteiger partial charge is 0.505 e. The van der Waals surface area contributed by atoms with E-state index in [0.29, 0.717) is 11.8 Å². The van der Waals surface area contributed by atoms with Crippen LogP contribution in [0.3, 0.4) is 0 Å². The van der Waals surface area contributed by atoms with Gasteiger partial charge in [-0.15, -0.1) is 0 Å². The number of aliphatic hydroxyl groups excluding tert-OH is 1. The zero-order valence-electron chi connectivity index (χ0n) is 6.20. The number of aldehydes is 1. The molecule has 0 atom stereocenters. The molecule has 1 aromatic rings.